The molecule has 0 spiro atoms. The Bertz CT molecular complexity index is 307. The molecule has 0 heterocycles. The van der Waals surface area contributed by atoms with Gasteiger partial charge in [-0.2, -0.15) is 0 Å². The van der Waals surface area contributed by atoms with Crippen molar-refractivity contribution in [2.75, 3.05) is 7.05 Å². The smallest absolute Gasteiger partial charge is 0.0236 e. The monoisotopic (exact) mass is 206 g/mol. The van der Waals surface area contributed by atoms with Gasteiger partial charge in [0, 0.05) is 18.6 Å². The molecule has 2 nitrogen and oxygen atoms in total. The van der Waals surface area contributed by atoms with E-state index < -0.39 is 0 Å². The quantitative estimate of drug-likeness (QED) is 0.818. The third-order valence-electron chi connectivity index (χ3n) is 3.14. The van der Waals surface area contributed by atoms with Crippen LogP contribution in [0.25, 0.3) is 0 Å². The molecule has 0 radical (unpaired) electrons. The van der Waals surface area contributed by atoms with Crippen molar-refractivity contribution >= 4 is 0 Å². The Labute approximate surface area is 93.1 Å². The molecule has 0 aromatic heterocycles. The maximum atomic E-state index is 5.89. The first kappa shape index (κ1) is 12.2. The molecule has 2 atom stereocenters. The first-order chi connectivity index (χ1) is 7.02. The summed E-state index contributed by atoms with van der Waals surface area (Å²) in [6.07, 6.45) is 0. The zero-order chi connectivity index (χ0) is 11.4. The SMILES string of the molecule is Cc1ccccc1CN(C)C(C)C(C)N. The van der Waals surface area contributed by atoms with E-state index in [1.54, 1.807) is 0 Å². The highest BCUT2D eigenvalue weighted by atomic mass is 15.1. The van der Waals surface area contributed by atoms with Gasteiger partial charge in [-0.25, -0.2) is 0 Å². The minimum absolute atomic E-state index is 0.207. The van der Waals surface area contributed by atoms with E-state index in [0.29, 0.717) is 6.04 Å². The summed E-state index contributed by atoms with van der Waals surface area (Å²) in [4.78, 5) is 2.30. The predicted molar refractivity (Wildman–Crippen MR) is 65.8 cm³/mol. The fourth-order valence-electron chi connectivity index (χ4n) is 1.60. The molecule has 1 rings (SSSR count). The molecule has 0 amide bonds. The second-order valence-electron chi connectivity index (χ2n) is 4.44. The molecule has 2 N–H and O–H groups in total. The molecule has 15 heavy (non-hydrogen) atoms. The van der Waals surface area contributed by atoms with Crippen molar-refractivity contribution in [3.8, 4) is 0 Å². The molecule has 1 aromatic rings. The van der Waals surface area contributed by atoms with Gasteiger partial charge in [0.1, 0.15) is 0 Å². The Kier molecular flexibility index (Phi) is 4.30. The molecular formula is C13H22N2. The molecule has 0 aliphatic carbocycles. The Morgan fingerprint density at radius 3 is 2.40 bits per heavy atom. The predicted octanol–water partition coefficient (Wildman–Crippen LogP) is 2.16. The van der Waals surface area contributed by atoms with Crippen LogP contribution in [0.3, 0.4) is 0 Å². The van der Waals surface area contributed by atoms with Crippen LogP contribution in [-0.4, -0.2) is 24.0 Å². The van der Waals surface area contributed by atoms with Crippen LogP contribution in [0, 0.1) is 6.92 Å². The molecule has 1 aromatic carbocycles. The van der Waals surface area contributed by atoms with Crippen molar-refractivity contribution in [3.63, 3.8) is 0 Å². The largest absolute Gasteiger partial charge is 0.327 e. The lowest BCUT2D eigenvalue weighted by atomic mass is 10.1. The summed E-state index contributed by atoms with van der Waals surface area (Å²) in [7, 11) is 2.13. The fourth-order valence-corrected chi connectivity index (χ4v) is 1.60. The molecule has 0 saturated carbocycles. The number of likely N-dealkylation sites (N-methyl/N-ethyl adjacent to an activating group) is 1. The van der Waals surface area contributed by atoms with Gasteiger partial charge in [0.2, 0.25) is 0 Å². The summed E-state index contributed by atoms with van der Waals surface area (Å²) in [5, 5.41) is 0. The van der Waals surface area contributed by atoms with Crippen LogP contribution in [0.4, 0.5) is 0 Å². The number of hydrogen-bond acceptors (Lipinski definition) is 2. The molecule has 2 unspecified atom stereocenters. The molecule has 0 aliphatic heterocycles. The summed E-state index contributed by atoms with van der Waals surface area (Å²) < 4.78 is 0. The van der Waals surface area contributed by atoms with Crippen molar-refractivity contribution < 1.29 is 0 Å². The third kappa shape index (κ3) is 3.33. The van der Waals surface area contributed by atoms with Crippen LogP contribution in [0.15, 0.2) is 24.3 Å². The Morgan fingerprint density at radius 1 is 1.27 bits per heavy atom. The van der Waals surface area contributed by atoms with Crippen molar-refractivity contribution in [1.82, 2.24) is 4.90 Å². The van der Waals surface area contributed by atoms with Crippen LogP contribution in [0.1, 0.15) is 25.0 Å². The van der Waals surface area contributed by atoms with E-state index in [1.807, 2.05) is 0 Å². The van der Waals surface area contributed by atoms with Crippen LogP contribution >= 0.6 is 0 Å². The standard InChI is InChI=1S/C13H22N2/c1-10-7-5-6-8-13(10)9-15(4)12(3)11(2)14/h5-8,11-12H,9,14H2,1-4H3. The molecular weight excluding hydrogens is 184 g/mol. The fraction of sp³-hybridized carbons (Fsp3) is 0.538. The average molecular weight is 206 g/mol. The second kappa shape index (κ2) is 5.29. The van der Waals surface area contributed by atoms with Crippen LogP contribution in [-0.2, 0) is 6.54 Å². The van der Waals surface area contributed by atoms with E-state index in [1.165, 1.54) is 11.1 Å². The third-order valence-corrected chi connectivity index (χ3v) is 3.14. The highest BCUT2D eigenvalue weighted by molar-refractivity contribution is 5.25. The topological polar surface area (TPSA) is 29.3 Å². The summed E-state index contributed by atoms with van der Waals surface area (Å²) in [5.41, 5.74) is 8.62. The summed E-state index contributed by atoms with van der Waals surface area (Å²) in [5.74, 6) is 0. The number of benzene rings is 1. The van der Waals surface area contributed by atoms with Gasteiger partial charge in [-0.1, -0.05) is 24.3 Å². The van der Waals surface area contributed by atoms with E-state index in [4.69, 9.17) is 5.73 Å². The number of rotatable bonds is 4. The zero-order valence-electron chi connectivity index (χ0n) is 10.2. The number of nitrogens with zero attached hydrogens (tertiary/aromatic N) is 1. The molecule has 84 valence electrons. The van der Waals surface area contributed by atoms with Gasteiger partial charge in [-0.15, -0.1) is 0 Å². The highest BCUT2D eigenvalue weighted by Crippen LogP contribution is 2.11. The molecule has 2 heteroatoms. The lowest BCUT2D eigenvalue weighted by Crippen LogP contribution is -2.41. The van der Waals surface area contributed by atoms with Gasteiger partial charge in [-0.3, -0.25) is 4.90 Å². The van der Waals surface area contributed by atoms with Crippen LogP contribution in [0.5, 0.6) is 0 Å². The number of aryl methyl sites for hydroxylation is 1. The van der Waals surface area contributed by atoms with Gasteiger partial charge < -0.3 is 5.73 Å². The molecule has 0 bridgehead atoms. The van der Waals surface area contributed by atoms with Gasteiger partial charge in [0.25, 0.3) is 0 Å². The van der Waals surface area contributed by atoms with Gasteiger partial charge in [0.05, 0.1) is 0 Å². The average Bonchev–Trinajstić information content (AvgIpc) is 2.20. The molecule has 0 fully saturated rings. The summed E-state index contributed by atoms with van der Waals surface area (Å²) in [6, 6.07) is 9.11. The number of nitrogens with two attached hydrogens (primary N) is 1. The Hall–Kier alpha value is -0.860. The minimum atomic E-state index is 0.207. The lowest BCUT2D eigenvalue weighted by molar-refractivity contribution is 0.224. The van der Waals surface area contributed by atoms with Crippen LogP contribution in [0.2, 0.25) is 0 Å². The summed E-state index contributed by atoms with van der Waals surface area (Å²) >= 11 is 0. The molecule has 0 saturated heterocycles. The molecule has 0 aliphatic rings. The highest BCUT2D eigenvalue weighted by Gasteiger charge is 2.13. The minimum Gasteiger partial charge on any atom is -0.327 e. The van der Waals surface area contributed by atoms with Crippen molar-refractivity contribution in [1.29, 1.82) is 0 Å². The zero-order valence-corrected chi connectivity index (χ0v) is 10.2. The van der Waals surface area contributed by atoms with E-state index in [2.05, 4.69) is 57.0 Å². The van der Waals surface area contributed by atoms with E-state index in [0.717, 1.165) is 6.54 Å². The number of hydrogen-bond donors (Lipinski definition) is 1. The van der Waals surface area contributed by atoms with Crippen molar-refractivity contribution in [2.24, 2.45) is 5.73 Å². The van der Waals surface area contributed by atoms with Crippen LogP contribution < -0.4 is 5.73 Å². The second-order valence-corrected chi connectivity index (χ2v) is 4.44. The Morgan fingerprint density at radius 2 is 1.87 bits per heavy atom. The van der Waals surface area contributed by atoms with Crippen molar-refractivity contribution in [3.05, 3.63) is 35.4 Å². The van der Waals surface area contributed by atoms with Crippen molar-refractivity contribution in [2.45, 2.75) is 39.4 Å². The first-order valence-electron chi connectivity index (χ1n) is 5.52. The maximum Gasteiger partial charge on any atom is 0.0236 e. The van der Waals surface area contributed by atoms with E-state index in [-0.39, 0.29) is 6.04 Å². The van der Waals surface area contributed by atoms with Gasteiger partial charge in [0.15, 0.2) is 0 Å². The first-order valence-corrected chi connectivity index (χ1v) is 5.52. The van der Waals surface area contributed by atoms with E-state index in [9.17, 15) is 0 Å². The lowest BCUT2D eigenvalue weighted by Gasteiger charge is -2.28. The normalized spacial score (nSPS) is 15.3. The Balaban J connectivity index is 2.66. The maximum absolute atomic E-state index is 5.89. The van der Waals surface area contributed by atoms with Gasteiger partial charge >= 0.3 is 0 Å². The van der Waals surface area contributed by atoms with Gasteiger partial charge in [-0.05, 0) is 38.9 Å². The summed E-state index contributed by atoms with van der Waals surface area (Å²) in [6.45, 7) is 7.34. The van der Waals surface area contributed by atoms with E-state index >= 15 is 0 Å².